The summed E-state index contributed by atoms with van der Waals surface area (Å²) in [5.74, 6) is 2.77. The summed E-state index contributed by atoms with van der Waals surface area (Å²) in [6.07, 6.45) is 42.2. The van der Waals surface area contributed by atoms with Crippen LogP contribution in [0.5, 0.6) is 0 Å². The third-order valence-electron chi connectivity index (χ3n) is 13.4. The van der Waals surface area contributed by atoms with Crippen LogP contribution in [-0.4, -0.2) is 41.2 Å². The molecule has 4 nitrogen and oxygen atoms in total. The first kappa shape index (κ1) is 32.1. The molecule has 0 bridgehead atoms. The Morgan fingerprint density at radius 2 is 0.533 bits per heavy atom. The predicted octanol–water partition coefficient (Wildman–Crippen LogP) is 11.5. The maximum absolute atomic E-state index is 5.93. The van der Waals surface area contributed by atoms with Crippen molar-refractivity contribution in [2.75, 3.05) is 14.7 Å². The summed E-state index contributed by atoms with van der Waals surface area (Å²) >= 11 is 0. The number of nitrogens with zero attached hydrogens (tertiary/aromatic N) is 4. The first-order valence-electron chi connectivity index (χ1n) is 20.7. The smallest absolute Gasteiger partial charge is 0.133 e. The molecular weight excluding hydrogens is 548 g/mol. The Bertz CT molecular complexity index is 810. The zero-order chi connectivity index (χ0) is 30.3. The lowest BCUT2D eigenvalue weighted by Crippen LogP contribution is -2.49. The maximum Gasteiger partial charge on any atom is 0.133 e. The Kier molecular flexibility index (Phi) is 11.5. The van der Waals surface area contributed by atoms with Crippen LogP contribution >= 0.6 is 0 Å². The van der Waals surface area contributed by atoms with E-state index in [1.54, 1.807) is 5.69 Å². The van der Waals surface area contributed by atoms with Crippen LogP contribution < -0.4 is 14.7 Å². The van der Waals surface area contributed by atoms with Crippen molar-refractivity contribution >= 4 is 17.3 Å². The van der Waals surface area contributed by atoms with E-state index in [4.69, 9.17) is 4.98 Å². The topological polar surface area (TPSA) is 22.6 Å². The van der Waals surface area contributed by atoms with Crippen LogP contribution in [0.3, 0.4) is 0 Å². The van der Waals surface area contributed by atoms with E-state index in [0.717, 1.165) is 12.1 Å². The summed E-state index contributed by atoms with van der Waals surface area (Å²) < 4.78 is 0. The minimum Gasteiger partial charge on any atom is -0.365 e. The van der Waals surface area contributed by atoms with Crippen molar-refractivity contribution in [2.24, 2.45) is 0 Å². The maximum atomic E-state index is 5.93. The molecule has 45 heavy (non-hydrogen) atoms. The van der Waals surface area contributed by atoms with Crippen molar-refractivity contribution < 1.29 is 0 Å². The molecule has 252 valence electrons. The van der Waals surface area contributed by atoms with Crippen molar-refractivity contribution in [2.45, 2.75) is 229 Å². The zero-order valence-electron chi connectivity index (χ0n) is 29.1. The van der Waals surface area contributed by atoms with Gasteiger partial charge in [0, 0.05) is 54.1 Å². The standard InChI is InChI=1S/C41H68N4/c1-7-19-33(20-8-1)43(34-21-9-2-10-22-34)39-31-40(44(35-23-11-3-12-24-35)36-25-13-4-14-26-36)42-41(32-39)45(37-27-15-5-16-28-37)38-29-17-6-18-30-38/h31-38H,1-30H2. The average molecular weight is 617 g/mol. The van der Waals surface area contributed by atoms with Crippen molar-refractivity contribution in [3.63, 3.8) is 0 Å². The third-order valence-corrected chi connectivity index (χ3v) is 13.4. The van der Waals surface area contributed by atoms with E-state index in [1.165, 1.54) is 204 Å². The van der Waals surface area contributed by atoms with Crippen LogP contribution in [-0.2, 0) is 0 Å². The molecule has 0 radical (unpaired) electrons. The SMILES string of the molecule is c1c(N(C2CCCCC2)C2CCCCC2)cc(N(C2CCCCC2)C2CCCCC2)nc1N(C1CCCCC1)C1CCCCC1. The molecule has 6 aliphatic carbocycles. The molecule has 1 aromatic heterocycles. The second kappa shape index (κ2) is 16.1. The monoisotopic (exact) mass is 617 g/mol. The van der Waals surface area contributed by atoms with Gasteiger partial charge in [0.2, 0.25) is 0 Å². The van der Waals surface area contributed by atoms with Crippen molar-refractivity contribution in [1.82, 2.24) is 4.98 Å². The first-order valence-corrected chi connectivity index (χ1v) is 20.7. The van der Waals surface area contributed by atoms with Crippen LogP contribution in [0.15, 0.2) is 12.1 Å². The molecule has 0 aromatic carbocycles. The second-order valence-corrected chi connectivity index (χ2v) is 16.5. The molecule has 6 aliphatic rings. The number of hydrogen-bond acceptors (Lipinski definition) is 4. The normalized spacial score (nSPS) is 26.1. The summed E-state index contributed by atoms with van der Waals surface area (Å²) in [7, 11) is 0. The minimum atomic E-state index is 0.688. The van der Waals surface area contributed by atoms with Gasteiger partial charge in [0.25, 0.3) is 0 Å². The van der Waals surface area contributed by atoms with Crippen LogP contribution in [0.25, 0.3) is 0 Å². The van der Waals surface area contributed by atoms with E-state index in [1.807, 2.05) is 0 Å². The fourth-order valence-corrected chi connectivity index (χ4v) is 11.1. The van der Waals surface area contributed by atoms with Gasteiger partial charge in [-0.3, -0.25) is 0 Å². The highest BCUT2D eigenvalue weighted by Crippen LogP contribution is 2.42. The van der Waals surface area contributed by atoms with Gasteiger partial charge in [-0.15, -0.1) is 0 Å². The van der Waals surface area contributed by atoms with Gasteiger partial charge in [-0.1, -0.05) is 116 Å². The highest BCUT2D eigenvalue weighted by Gasteiger charge is 2.36. The zero-order valence-corrected chi connectivity index (χ0v) is 29.1. The Hall–Kier alpha value is -1.45. The van der Waals surface area contributed by atoms with Gasteiger partial charge in [0.1, 0.15) is 11.6 Å². The molecule has 0 spiro atoms. The highest BCUT2D eigenvalue weighted by molar-refractivity contribution is 5.65. The molecule has 6 fully saturated rings. The molecule has 1 heterocycles. The number of pyridine rings is 1. The number of aromatic nitrogens is 1. The van der Waals surface area contributed by atoms with E-state index in [-0.39, 0.29) is 0 Å². The molecular formula is C41H68N4. The summed E-state index contributed by atoms with van der Waals surface area (Å²) in [5.41, 5.74) is 1.57. The number of anilines is 3. The summed E-state index contributed by atoms with van der Waals surface area (Å²) in [6.45, 7) is 0. The van der Waals surface area contributed by atoms with E-state index in [0.29, 0.717) is 24.2 Å². The van der Waals surface area contributed by atoms with E-state index < -0.39 is 0 Å². The van der Waals surface area contributed by atoms with Crippen LogP contribution in [0, 0.1) is 0 Å². The molecule has 0 aliphatic heterocycles. The summed E-state index contributed by atoms with van der Waals surface area (Å²) in [5, 5.41) is 0. The van der Waals surface area contributed by atoms with Gasteiger partial charge in [0.05, 0.1) is 0 Å². The van der Waals surface area contributed by atoms with Crippen molar-refractivity contribution in [1.29, 1.82) is 0 Å². The fourth-order valence-electron chi connectivity index (χ4n) is 11.1. The number of rotatable bonds is 9. The molecule has 0 amide bonds. The molecule has 0 unspecified atom stereocenters. The van der Waals surface area contributed by atoms with E-state index in [2.05, 4.69) is 26.8 Å². The molecule has 0 atom stereocenters. The summed E-state index contributed by atoms with van der Waals surface area (Å²) in [6, 6.07) is 9.55. The van der Waals surface area contributed by atoms with Crippen LogP contribution in [0.2, 0.25) is 0 Å². The highest BCUT2D eigenvalue weighted by atomic mass is 15.3. The largest absolute Gasteiger partial charge is 0.365 e. The van der Waals surface area contributed by atoms with E-state index >= 15 is 0 Å². The van der Waals surface area contributed by atoms with Gasteiger partial charge in [-0.05, 0) is 77.0 Å². The van der Waals surface area contributed by atoms with E-state index in [9.17, 15) is 0 Å². The van der Waals surface area contributed by atoms with Crippen LogP contribution in [0.4, 0.5) is 17.3 Å². The molecule has 1 aromatic rings. The Labute approximate surface area is 277 Å². The lowest BCUT2D eigenvalue weighted by molar-refractivity contribution is 0.331. The quantitative estimate of drug-likeness (QED) is 0.275. The third kappa shape index (κ3) is 7.83. The Balaban J connectivity index is 1.35. The van der Waals surface area contributed by atoms with Gasteiger partial charge >= 0.3 is 0 Å². The van der Waals surface area contributed by atoms with Gasteiger partial charge in [-0.25, -0.2) is 4.98 Å². The fraction of sp³-hybridized carbons (Fsp3) is 0.878. The van der Waals surface area contributed by atoms with Gasteiger partial charge < -0.3 is 14.7 Å². The molecule has 7 rings (SSSR count). The predicted molar refractivity (Wildman–Crippen MR) is 193 cm³/mol. The molecule has 6 saturated carbocycles. The first-order chi connectivity index (χ1) is 22.3. The summed E-state index contributed by atoms with van der Waals surface area (Å²) in [4.78, 5) is 14.9. The molecule has 0 saturated heterocycles. The van der Waals surface area contributed by atoms with Gasteiger partial charge in [0.15, 0.2) is 0 Å². The Morgan fingerprint density at radius 1 is 0.311 bits per heavy atom. The Morgan fingerprint density at radius 3 is 0.778 bits per heavy atom. The average Bonchev–Trinajstić information content (AvgIpc) is 3.12. The van der Waals surface area contributed by atoms with Crippen molar-refractivity contribution in [3.8, 4) is 0 Å². The second-order valence-electron chi connectivity index (χ2n) is 16.5. The minimum absolute atomic E-state index is 0.688. The lowest BCUT2D eigenvalue weighted by Gasteiger charge is -2.47. The molecule has 4 heteroatoms. The van der Waals surface area contributed by atoms with Crippen molar-refractivity contribution in [3.05, 3.63) is 12.1 Å². The lowest BCUT2D eigenvalue weighted by atomic mass is 9.87. The molecule has 0 N–H and O–H groups in total. The number of hydrogen-bond donors (Lipinski definition) is 0. The van der Waals surface area contributed by atoms with Crippen LogP contribution in [0.1, 0.15) is 193 Å². The van der Waals surface area contributed by atoms with Gasteiger partial charge in [-0.2, -0.15) is 0 Å².